The first-order valence-electron chi connectivity index (χ1n) is 4.68. The Bertz CT molecular complexity index is 413. The first-order valence-corrected chi connectivity index (χ1v) is 4.68. The molecule has 1 aromatic rings. The molecule has 1 heterocycles. The molecular formula is C10H11N3O3. The maximum atomic E-state index is 11.3. The van der Waals surface area contributed by atoms with E-state index in [9.17, 15) is 9.90 Å². The van der Waals surface area contributed by atoms with E-state index in [1.54, 1.807) is 19.1 Å². The van der Waals surface area contributed by atoms with Crippen molar-refractivity contribution in [2.24, 2.45) is 0 Å². The zero-order valence-electron chi connectivity index (χ0n) is 8.70. The molecule has 0 amide bonds. The van der Waals surface area contributed by atoms with Gasteiger partial charge in [0.2, 0.25) is 6.10 Å². The largest absolute Gasteiger partial charge is 0.457 e. The minimum Gasteiger partial charge on any atom is -0.457 e. The first kappa shape index (κ1) is 12.0. The fourth-order valence-electron chi connectivity index (χ4n) is 1.09. The summed E-state index contributed by atoms with van der Waals surface area (Å²) in [5, 5.41) is 9.72. The molecule has 6 heteroatoms. The lowest BCUT2D eigenvalue weighted by Gasteiger charge is -2.04. The topological polar surface area (TPSA) is 95.8 Å². The summed E-state index contributed by atoms with van der Waals surface area (Å²) in [6, 6.07) is 4.82. The van der Waals surface area contributed by atoms with E-state index in [0.717, 1.165) is 0 Å². The van der Waals surface area contributed by atoms with E-state index < -0.39 is 17.8 Å². The molecule has 84 valence electrons. The Balaban J connectivity index is 2.91. The minimum absolute atomic E-state index is 0.132. The maximum absolute atomic E-state index is 11.3. The standard InChI is InChI=1S/C10H11N3O3/c1-2-16-10(15)8(13-11)9(14)7-5-3-4-6-12-7/h3-6,9,14H,2H2,1H3. The maximum Gasteiger partial charge on any atom is 0.420 e. The SMILES string of the molecule is CCOC(=O)C(=[N+]=[N-])C(O)c1ccccn1. The lowest BCUT2D eigenvalue weighted by Crippen LogP contribution is -2.26. The van der Waals surface area contributed by atoms with Crippen molar-refractivity contribution in [1.82, 2.24) is 4.98 Å². The number of hydrogen-bond acceptors (Lipinski definition) is 4. The van der Waals surface area contributed by atoms with Crippen molar-refractivity contribution in [2.75, 3.05) is 6.61 Å². The number of rotatable bonds is 4. The van der Waals surface area contributed by atoms with Crippen LogP contribution in [0.3, 0.4) is 0 Å². The van der Waals surface area contributed by atoms with Crippen LogP contribution >= 0.6 is 0 Å². The van der Waals surface area contributed by atoms with Gasteiger partial charge in [0.15, 0.2) is 0 Å². The highest BCUT2D eigenvalue weighted by Crippen LogP contribution is 2.10. The summed E-state index contributed by atoms with van der Waals surface area (Å²) in [7, 11) is 0. The number of nitrogens with zero attached hydrogens (tertiary/aromatic N) is 3. The van der Waals surface area contributed by atoms with Crippen LogP contribution in [0, 0.1) is 0 Å². The number of pyridine rings is 1. The molecule has 0 fully saturated rings. The molecule has 1 atom stereocenters. The van der Waals surface area contributed by atoms with Gasteiger partial charge in [-0.25, -0.2) is 4.79 Å². The fourth-order valence-corrected chi connectivity index (χ4v) is 1.09. The van der Waals surface area contributed by atoms with Crippen molar-refractivity contribution in [3.63, 3.8) is 0 Å². The smallest absolute Gasteiger partial charge is 0.420 e. The van der Waals surface area contributed by atoms with Crippen LogP contribution in [-0.4, -0.2) is 33.2 Å². The second-order valence-electron chi connectivity index (χ2n) is 2.86. The molecule has 1 aromatic heterocycles. The van der Waals surface area contributed by atoms with Gasteiger partial charge >= 0.3 is 11.7 Å². The number of aliphatic hydroxyl groups is 1. The van der Waals surface area contributed by atoms with Gasteiger partial charge in [-0.15, -0.1) is 0 Å². The predicted octanol–water partition coefficient (Wildman–Crippen LogP) is 0.349. The fraction of sp³-hybridized carbons (Fsp3) is 0.300. The van der Waals surface area contributed by atoms with Crippen molar-refractivity contribution < 1.29 is 19.4 Å². The molecule has 6 nitrogen and oxygen atoms in total. The van der Waals surface area contributed by atoms with Crippen molar-refractivity contribution in [2.45, 2.75) is 13.0 Å². The van der Waals surface area contributed by atoms with E-state index in [-0.39, 0.29) is 12.3 Å². The number of aliphatic hydroxyl groups excluding tert-OH is 1. The molecule has 1 unspecified atom stereocenters. The monoisotopic (exact) mass is 221 g/mol. The first-order chi connectivity index (χ1) is 7.70. The summed E-state index contributed by atoms with van der Waals surface area (Å²) in [6.07, 6.45) is 0.0591. The average molecular weight is 221 g/mol. The van der Waals surface area contributed by atoms with Gasteiger partial charge in [-0.3, -0.25) is 4.98 Å². The van der Waals surface area contributed by atoms with E-state index in [2.05, 4.69) is 14.5 Å². The lowest BCUT2D eigenvalue weighted by atomic mass is 10.1. The molecule has 0 aromatic carbocycles. The Morgan fingerprint density at radius 3 is 2.94 bits per heavy atom. The molecule has 0 bridgehead atoms. The van der Waals surface area contributed by atoms with Crippen molar-refractivity contribution >= 4 is 11.7 Å². The third-order valence-corrected chi connectivity index (χ3v) is 1.82. The average Bonchev–Trinajstić information content (AvgIpc) is 2.31. The third kappa shape index (κ3) is 2.73. The van der Waals surface area contributed by atoms with E-state index in [1.165, 1.54) is 12.3 Å². The van der Waals surface area contributed by atoms with Gasteiger partial charge < -0.3 is 15.4 Å². The summed E-state index contributed by atoms with van der Waals surface area (Å²) in [5.41, 5.74) is 8.38. The van der Waals surface area contributed by atoms with Crippen LogP contribution in [0.4, 0.5) is 0 Å². The third-order valence-electron chi connectivity index (χ3n) is 1.82. The van der Waals surface area contributed by atoms with E-state index in [4.69, 9.17) is 5.53 Å². The molecule has 16 heavy (non-hydrogen) atoms. The Kier molecular flexibility index (Phi) is 4.32. The second kappa shape index (κ2) is 5.75. The lowest BCUT2D eigenvalue weighted by molar-refractivity contribution is -0.141. The molecule has 0 aliphatic heterocycles. The Morgan fingerprint density at radius 1 is 1.69 bits per heavy atom. The van der Waals surface area contributed by atoms with E-state index in [1.807, 2.05) is 0 Å². The zero-order chi connectivity index (χ0) is 12.0. The van der Waals surface area contributed by atoms with Gasteiger partial charge in [0.25, 0.3) is 0 Å². The number of carbonyl (C=O) groups excluding carboxylic acids is 1. The summed E-state index contributed by atoms with van der Waals surface area (Å²) in [4.78, 5) is 17.9. The van der Waals surface area contributed by atoms with Crippen LogP contribution < -0.4 is 0 Å². The highest BCUT2D eigenvalue weighted by molar-refractivity contribution is 6.35. The molecule has 1 rings (SSSR count). The highest BCUT2D eigenvalue weighted by Gasteiger charge is 2.33. The Labute approximate surface area is 92.1 Å². The van der Waals surface area contributed by atoms with Gasteiger partial charge in [0.05, 0.1) is 12.3 Å². The van der Waals surface area contributed by atoms with Crippen LogP contribution in [0.25, 0.3) is 5.53 Å². The molecule has 0 saturated heterocycles. The van der Waals surface area contributed by atoms with Crippen LogP contribution in [0.2, 0.25) is 0 Å². The minimum atomic E-state index is -1.40. The number of ether oxygens (including phenoxy) is 1. The number of carbonyl (C=O) groups is 1. The second-order valence-corrected chi connectivity index (χ2v) is 2.86. The van der Waals surface area contributed by atoms with Crippen molar-refractivity contribution in [3.05, 3.63) is 35.6 Å². The molecule has 0 radical (unpaired) electrons. The van der Waals surface area contributed by atoms with Gasteiger partial charge in [0, 0.05) is 6.20 Å². The summed E-state index contributed by atoms with van der Waals surface area (Å²) in [5.74, 6) is -0.872. The normalized spacial score (nSPS) is 11.4. The van der Waals surface area contributed by atoms with Gasteiger partial charge in [-0.1, -0.05) is 6.07 Å². The number of esters is 1. The quantitative estimate of drug-likeness (QED) is 0.343. The predicted molar refractivity (Wildman–Crippen MR) is 54.5 cm³/mol. The van der Waals surface area contributed by atoms with Crippen LogP contribution in [0.15, 0.2) is 24.4 Å². The summed E-state index contributed by atoms with van der Waals surface area (Å²) in [6.45, 7) is 1.74. The zero-order valence-corrected chi connectivity index (χ0v) is 8.70. The summed E-state index contributed by atoms with van der Waals surface area (Å²) >= 11 is 0. The van der Waals surface area contributed by atoms with E-state index >= 15 is 0 Å². The van der Waals surface area contributed by atoms with Gasteiger partial charge in [-0.05, 0) is 19.1 Å². The van der Waals surface area contributed by atoms with Crippen LogP contribution in [-0.2, 0) is 9.53 Å². The Hall–Kier alpha value is -2.04. The van der Waals surface area contributed by atoms with Crippen LogP contribution in [0.5, 0.6) is 0 Å². The molecular weight excluding hydrogens is 210 g/mol. The van der Waals surface area contributed by atoms with Crippen molar-refractivity contribution in [1.29, 1.82) is 0 Å². The van der Waals surface area contributed by atoms with Gasteiger partial charge in [-0.2, -0.15) is 4.79 Å². The van der Waals surface area contributed by atoms with Crippen LogP contribution in [0.1, 0.15) is 18.7 Å². The molecule has 0 saturated carbocycles. The molecule has 1 N–H and O–H groups in total. The molecule has 0 aliphatic carbocycles. The number of aromatic nitrogens is 1. The highest BCUT2D eigenvalue weighted by atomic mass is 16.5. The van der Waals surface area contributed by atoms with E-state index in [0.29, 0.717) is 0 Å². The molecule has 0 spiro atoms. The summed E-state index contributed by atoms with van der Waals surface area (Å²) < 4.78 is 4.62. The Morgan fingerprint density at radius 2 is 2.44 bits per heavy atom. The number of hydrogen-bond donors (Lipinski definition) is 1. The van der Waals surface area contributed by atoms with Crippen molar-refractivity contribution in [3.8, 4) is 0 Å². The molecule has 0 aliphatic rings. The van der Waals surface area contributed by atoms with Gasteiger partial charge in [0.1, 0.15) is 0 Å².